The molecular formula is C18H23N3O2. The van der Waals surface area contributed by atoms with Gasteiger partial charge in [0.05, 0.1) is 0 Å². The predicted molar refractivity (Wildman–Crippen MR) is 89.8 cm³/mol. The molecule has 0 saturated heterocycles. The van der Waals surface area contributed by atoms with Gasteiger partial charge in [-0.15, -0.1) is 0 Å². The molecular weight excluding hydrogens is 290 g/mol. The zero-order valence-electron chi connectivity index (χ0n) is 13.4. The molecule has 0 aliphatic carbocycles. The van der Waals surface area contributed by atoms with E-state index in [0.717, 1.165) is 31.6 Å². The first-order valence-electron chi connectivity index (χ1n) is 7.79. The van der Waals surface area contributed by atoms with Gasteiger partial charge in [-0.25, -0.2) is 0 Å². The second kappa shape index (κ2) is 8.90. The molecule has 0 aliphatic rings. The molecule has 0 aliphatic heterocycles. The highest BCUT2D eigenvalue weighted by atomic mass is 16.5. The Bertz CT molecular complexity index is 617. The molecule has 2 aromatic rings. The lowest BCUT2D eigenvalue weighted by molar-refractivity contribution is -0.119. The summed E-state index contributed by atoms with van der Waals surface area (Å²) in [7, 11) is 0. The first-order valence-corrected chi connectivity index (χ1v) is 7.79. The van der Waals surface area contributed by atoms with Gasteiger partial charge in [-0.05, 0) is 30.7 Å². The molecule has 0 atom stereocenters. The minimum absolute atomic E-state index is 0.104. The normalized spacial score (nSPS) is 10.7. The minimum Gasteiger partial charge on any atom is -0.483 e. The quantitative estimate of drug-likeness (QED) is 0.771. The molecule has 5 nitrogen and oxygen atoms in total. The van der Waals surface area contributed by atoms with Crippen LogP contribution in [0.1, 0.15) is 24.5 Å². The Morgan fingerprint density at radius 3 is 2.74 bits per heavy atom. The van der Waals surface area contributed by atoms with Crippen LogP contribution >= 0.6 is 0 Å². The van der Waals surface area contributed by atoms with Crippen LogP contribution in [0.5, 0.6) is 5.75 Å². The minimum atomic E-state index is -0.472. The predicted octanol–water partition coefficient (Wildman–Crippen LogP) is 2.36. The van der Waals surface area contributed by atoms with Gasteiger partial charge < -0.3 is 10.5 Å². The van der Waals surface area contributed by atoms with Crippen LogP contribution < -0.4 is 10.5 Å². The first kappa shape index (κ1) is 17.0. The topological polar surface area (TPSA) is 68.5 Å². The number of benzene rings is 1. The number of amides is 1. The SMILES string of the molecule is CCCN(Cc1cccnc1)Cc1ccccc1OCC(N)=O. The maximum atomic E-state index is 10.9. The number of hydrogen-bond acceptors (Lipinski definition) is 4. The van der Waals surface area contributed by atoms with Crippen molar-refractivity contribution < 1.29 is 9.53 Å². The number of carbonyl (C=O) groups excluding carboxylic acids is 1. The van der Waals surface area contributed by atoms with E-state index in [0.29, 0.717) is 5.75 Å². The van der Waals surface area contributed by atoms with Gasteiger partial charge >= 0.3 is 0 Å². The van der Waals surface area contributed by atoms with E-state index in [9.17, 15) is 4.79 Å². The van der Waals surface area contributed by atoms with Crippen molar-refractivity contribution in [3.8, 4) is 5.75 Å². The molecule has 2 rings (SSSR count). The summed E-state index contributed by atoms with van der Waals surface area (Å²) in [5, 5.41) is 0. The zero-order valence-corrected chi connectivity index (χ0v) is 13.4. The van der Waals surface area contributed by atoms with Crippen molar-refractivity contribution >= 4 is 5.91 Å². The summed E-state index contributed by atoms with van der Waals surface area (Å²) in [5.41, 5.74) is 7.38. The van der Waals surface area contributed by atoms with Crippen LogP contribution in [0.4, 0.5) is 0 Å². The molecule has 23 heavy (non-hydrogen) atoms. The molecule has 0 fully saturated rings. The number of nitrogens with two attached hydrogens (primary N) is 1. The van der Waals surface area contributed by atoms with E-state index in [-0.39, 0.29) is 6.61 Å². The fraction of sp³-hybridized carbons (Fsp3) is 0.333. The van der Waals surface area contributed by atoms with Crippen LogP contribution in [-0.2, 0) is 17.9 Å². The summed E-state index contributed by atoms with van der Waals surface area (Å²) >= 11 is 0. The Labute approximate surface area is 137 Å². The Morgan fingerprint density at radius 1 is 1.22 bits per heavy atom. The average Bonchev–Trinajstić information content (AvgIpc) is 2.55. The lowest BCUT2D eigenvalue weighted by atomic mass is 10.1. The molecule has 0 spiro atoms. The third-order valence-electron chi connectivity index (χ3n) is 3.41. The monoisotopic (exact) mass is 313 g/mol. The van der Waals surface area contributed by atoms with Gasteiger partial charge in [0.2, 0.25) is 0 Å². The molecule has 0 bridgehead atoms. The van der Waals surface area contributed by atoms with Crippen molar-refractivity contribution in [1.82, 2.24) is 9.88 Å². The molecule has 0 radical (unpaired) electrons. The fourth-order valence-electron chi connectivity index (χ4n) is 2.45. The highest BCUT2D eigenvalue weighted by Gasteiger charge is 2.11. The van der Waals surface area contributed by atoms with E-state index < -0.39 is 5.91 Å². The van der Waals surface area contributed by atoms with Crippen molar-refractivity contribution in [3.63, 3.8) is 0 Å². The lowest BCUT2D eigenvalue weighted by Crippen LogP contribution is -2.25. The van der Waals surface area contributed by atoms with Gasteiger partial charge in [-0.1, -0.05) is 31.2 Å². The first-order chi connectivity index (χ1) is 11.2. The fourth-order valence-corrected chi connectivity index (χ4v) is 2.45. The third kappa shape index (κ3) is 5.71. The van der Waals surface area contributed by atoms with Crippen molar-refractivity contribution in [1.29, 1.82) is 0 Å². The second-order valence-corrected chi connectivity index (χ2v) is 5.43. The lowest BCUT2D eigenvalue weighted by Gasteiger charge is -2.23. The molecule has 122 valence electrons. The molecule has 2 N–H and O–H groups in total. The summed E-state index contributed by atoms with van der Waals surface area (Å²) in [6, 6.07) is 11.8. The molecule has 0 unspecified atom stereocenters. The van der Waals surface area contributed by atoms with Crippen molar-refractivity contribution in [2.45, 2.75) is 26.4 Å². The summed E-state index contributed by atoms with van der Waals surface area (Å²) in [6.45, 7) is 4.60. The van der Waals surface area contributed by atoms with E-state index in [1.54, 1.807) is 6.20 Å². The largest absolute Gasteiger partial charge is 0.483 e. The molecule has 5 heteroatoms. The second-order valence-electron chi connectivity index (χ2n) is 5.43. The van der Waals surface area contributed by atoms with E-state index in [1.807, 2.05) is 36.5 Å². The Hall–Kier alpha value is -2.40. The number of primary amides is 1. The highest BCUT2D eigenvalue weighted by Crippen LogP contribution is 2.21. The maximum Gasteiger partial charge on any atom is 0.255 e. The van der Waals surface area contributed by atoms with Crippen molar-refractivity contribution in [2.24, 2.45) is 5.73 Å². The molecule has 1 aromatic heterocycles. The number of carbonyl (C=O) groups is 1. The zero-order chi connectivity index (χ0) is 16.5. The van der Waals surface area contributed by atoms with Gasteiger partial charge in [0.25, 0.3) is 5.91 Å². The van der Waals surface area contributed by atoms with Crippen LogP contribution in [0.25, 0.3) is 0 Å². The molecule has 1 aromatic carbocycles. The van der Waals surface area contributed by atoms with Crippen LogP contribution in [0.15, 0.2) is 48.8 Å². The summed E-state index contributed by atoms with van der Waals surface area (Å²) in [5.74, 6) is 0.235. The number of para-hydroxylation sites is 1. The standard InChI is InChI=1S/C18H23N3O2/c1-2-10-21(12-15-6-5-9-20-11-15)13-16-7-3-4-8-17(16)23-14-18(19)22/h3-9,11H,2,10,12-14H2,1H3,(H2,19,22). The summed E-state index contributed by atoms with van der Waals surface area (Å²) in [4.78, 5) is 17.4. The van der Waals surface area contributed by atoms with Crippen molar-refractivity contribution in [3.05, 3.63) is 59.9 Å². The van der Waals surface area contributed by atoms with Crippen LogP contribution in [0, 0.1) is 0 Å². The van der Waals surface area contributed by atoms with Gasteiger partial charge in [-0.2, -0.15) is 0 Å². The molecule has 0 saturated carbocycles. The number of aromatic nitrogens is 1. The van der Waals surface area contributed by atoms with Crippen LogP contribution in [0.2, 0.25) is 0 Å². The average molecular weight is 313 g/mol. The van der Waals surface area contributed by atoms with E-state index in [4.69, 9.17) is 10.5 Å². The number of ether oxygens (including phenoxy) is 1. The number of nitrogens with zero attached hydrogens (tertiary/aromatic N) is 2. The summed E-state index contributed by atoms with van der Waals surface area (Å²) in [6.07, 6.45) is 4.73. The van der Waals surface area contributed by atoms with Gasteiger partial charge in [0.1, 0.15) is 5.75 Å². The Balaban J connectivity index is 2.08. The van der Waals surface area contributed by atoms with E-state index in [2.05, 4.69) is 22.9 Å². The van der Waals surface area contributed by atoms with Crippen LogP contribution in [0.3, 0.4) is 0 Å². The number of pyridine rings is 1. The smallest absolute Gasteiger partial charge is 0.255 e. The Kier molecular flexibility index (Phi) is 6.56. The number of hydrogen-bond donors (Lipinski definition) is 1. The van der Waals surface area contributed by atoms with Crippen LogP contribution in [-0.4, -0.2) is 28.9 Å². The van der Waals surface area contributed by atoms with E-state index >= 15 is 0 Å². The third-order valence-corrected chi connectivity index (χ3v) is 3.41. The Morgan fingerprint density at radius 2 is 2.04 bits per heavy atom. The van der Waals surface area contributed by atoms with Gasteiger partial charge in [0.15, 0.2) is 6.61 Å². The highest BCUT2D eigenvalue weighted by molar-refractivity contribution is 5.75. The molecule has 1 heterocycles. The van der Waals surface area contributed by atoms with Crippen molar-refractivity contribution in [2.75, 3.05) is 13.2 Å². The van der Waals surface area contributed by atoms with Gasteiger partial charge in [0, 0.05) is 31.0 Å². The molecule has 1 amide bonds. The van der Waals surface area contributed by atoms with Gasteiger partial charge in [-0.3, -0.25) is 14.7 Å². The summed E-state index contributed by atoms with van der Waals surface area (Å²) < 4.78 is 5.51. The van der Waals surface area contributed by atoms with E-state index in [1.165, 1.54) is 5.56 Å². The number of rotatable bonds is 9. The maximum absolute atomic E-state index is 10.9.